The summed E-state index contributed by atoms with van der Waals surface area (Å²) in [7, 11) is 0. The average Bonchev–Trinajstić information content (AvgIpc) is 2.52. The van der Waals surface area contributed by atoms with Crippen molar-refractivity contribution in [3.8, 4) is 0 Å². The van der Waals surface area contributed by atoms with Crippen molar-refractivity contribution in [2.45, 2.75) is 33.5 Å². The Morgan fingerprint density at radius 1 is 1.05 bits per heavy atom. The molecule has 120 valence electrons. The third kappa shape index (κ3) is 6.10. The fourth-order valence-electron chi connectivity index (χ4n) is 1.72. The van der Waals surface area contributed by atoms with Gasteiger partial charge in [-0.05, 0) is 32.4 Å². The van der Waals surface area contributed by atoms with Crippen LogP contribution in [0.15, 0.2) is 42.0 Å². The molecular formula is C17H22O5. The average molecular weight is 306 g/mol. The van der Waals surface area contributed by atoms with E-state index in [0.717, 1.165) is 5.56 Å². The fraction of sp³-hybridized carbons (Fsp3) is 0.412. The number of esters is 2. The van der Waals surface area contributed by atoms with Gasteiger partial charge in [-0.25, -0.2) is 9.59 Å². The van der Waals surface area contributed by atoms with Gasteiger partial charge < -0.3 is 14.2 Å². The molecule has 5 heteroatoms. The van der Waals surface area contributed by atoms with Gasteiger partial charge in [-0.15, -0.1) is 0 Å². The molecule has 1 atom stereocenters. The van der Waals surface area contributed by atoms with Crippen molar-refractivity contribution in [2.24, 2.45) is 0 Å². The van der Waals surface area contributed by atoms with Gasteiger partial charge in [-0.1, -0.05) is 30.3 Å². The topological polar surface area (TPSA) is 61.8 Å². The Bertz CT molecular complexity index is 487. The largest absolute Gasteiger partial charge is 0.462 e. The summed E-state index contributed by atoms with van der Waals surface area (Å²) in [6.45, 7) is 5.87. The van der Waals surface area contributed by atoms with Crippen LogP contribution >= 0.6 is 0 Å². The number of ether oxygens (including phenoxy) is 3. The molecule has 22 heavy (non-hydrogen) atoms. The van der Waals surface area contributed by atoms with Gasteiger partial charge in [-0.3, -0.25) is 0 Å². The molecule has 0 fully saturated rings. The maximum atomic E-state index is 11.8. The van der Waals surface area contributed by atoms with Gasteiger partial charge >= 0.3 is 11.9 Å². The van der Waals surface area contributed by atoms with Gasteiger partial charge in [-0.2, -0.15) is 0 Å². The Hall–Kier alpha value is -2.14. The lowest BCUT2D eigenvalue weighted by atomic mass is 10.2. The fourth-order valence-corrected chi connectivity index (χ4v) is 1.72. The summed E-state index contributed by atoms with van der Waals surface area (Å²) in [5, 5.41) is 0. The van der Waals surface area contributed by atoms with Crippen LogP contribution in [0.2, 0.25) is 0 Å². The molecule has 5 nitrogen and oxygen atoms in total. The molecule has 1 aromatic rings. The van der Waals surface area contributed by atoms with Crippen molar-refractivity contribution in [3.05, 3.63) is 47.5 Å². The maximum Gasteiger partial charge on any atom is 0.345 e. The Morgan fingerprint density at radius 2 is 1.59 bits per heavy atom. The number of hydrogen-bond acceptors (Lipinski definition) is 5. The van der Waals surface area contributed by atoms with E-state index in [4.69, 9.17) is 14.2 Å². The Morgan fingerprint density at radius 3 is 2.09 bits per heavy atom. The maximum absolute atomic E-state index is 11.8. The van der Waals surface area contributed by atoms with Crippen LogP contribution in [-0.4, -0.2) is 31.3 Å². The molecule has 0 amide bonds. The SMILES string of the molecule is CCOC(=O)C(=C[C@H](C)OCc1ccccc1)C(=O)OCC. The molecule has 1 rings (SSSR count). The van der Waals surface area contributed by atoms with E-state index in [1.165, 1.54) is 6.08 Å². The molecule has 0 N–H and O–H groups in total. The normalized spacial score (nSPS) is 11.4. The standard InChI is InChI=1S/C17H22O5/c1-4-20-16(18)15(17(19)21-5-2)11-13(3)22-12-14-9-7-6-8-10-14/h6-11,13H,4-5,12H2,1-3H3/t13-/m0/s1. The number of carbonyl (C=O) groups is 2. The lowest BCUT2D eigenvalue weighted by Crippen LogP contribution is -2.20. The smallest absolute Gasteiger partial charge is 0.345 e. The van der Waals surface area contributed by atoms with E-state index < -0.39 is 18.0 Å². The van der Waals surface area contributed by atoms with Crippen molar-refractivity contribution in [1.29, 1.82) is 0 Å². The highest BCUT2D eigenvalue weighted by molar-refractivity contribution is 6.14. The van der Waals surface area contributed by atoms with E-state index in [1.807, 2.05) is 30.3 Å². The van der Waals surface area contributed by atoms with Crippen LogP contribution in [-0.2, 0) is 30.4 Å². The van der Waals surface area contributed by atoms with Crippen molar-refractivity contribution in [3.63, 3.8) is 0 Å². The van der Waals surface area contributed by atoms with Gasteiger partial charge in [0, 0.05) is 0 Å². The highest BCUT2D eigenvalue weighted by Gasteiger charge is 2.22. The number of rotatable bonds is 8. The second-order valence-electron chi connectivity index (χ2n) is 4.52. The third-order valence-electron chi connectivity index (χ3n) is 2.75. The molecule has 0 aliphatic heterocycles. The van der Waals surface area contributed by atoms with Crippen LogP contribution in [0.3, 0.4) is 0 Å². The number of carbonyl (C=O) groups excluding carboxylic acids is 2. The zero-order valence-electron chi connectivity index (χ0n) is 13.2. The van der Waals surface area contributed by atoms with E-state index in [2.05, 4.69) is 0 Å². The van der Waals surface area contributed by atoms with Gasteiger partial charge in [0.05, 0.1) is 25.9 Å². The highest BCUT2D eigenvalue weighted by atomic mass is 16.6. The second-order valence-corrected chi connectivity index (χ2v) is 4.52. The Labute approximate surface area is 130 Å². The molecule has 1 aromatic carbocycles. The van der Waals surface area contributed by atoms with Crippen molar-refractivity contribution in [2.75, 3.05) is 13.2 Å². The van der Waals surface area contributed by atoms with E-state index in [1.54, 1.807) is 20.8 Å². The van der Waals surface area contributed by atoms with E-state index in [9.17, 15) is 9.59 Å². The first kappa shape index (κ1) is 17.9. The van der Waals surface area contributed by atoms with Crippen LogP contribution in [0.25, 0.3) is 0 Å². The summed E-state index contributed by atoms with van der Waals surface area (Å²) in [5.74, 6) is -1.40. The van der Waals surface area contributed by atoms with E-state index >= 15 is 0 Å². The zero-order valence-corrected chi connectivity index (χ0v) is 13.2. The molecule has 0 unspecified atom stereocenters. The molecule has 0 aliphatic carbocycles. The van der Waals surface area contributed by atoms with Crippen molar-refractivity contribution in [1.82, 2.24) is 0 Å². The van der Waals surface area contributed by atoms with Crippen LogP contribution in [0.1, 0.15) is 26.3 Å². The van der Waals surface area contributed by atoms with Crippen LogP contribution in [0.4, 0.5) is 0 Å². The predicted molar refractivity (Wildman–Crippen MR) is 82.0 cm³/mol. The summed E-state index contributed by atoms with van der Waals surface area (Å²) in [6, 6.07) is 9.64. The molecule has 0 heterocycles. The molecule has 0 bridgehead atoms. The van der Waals surface area contributed by atoms with Crippen molar-refractivity contribution < 1.29 is 23.8 Å². The van der Waals surface area contributed by atoms with Crippen LogP contribution in [0, 0.1) is 0 Å². The van der Waals surface area contributed by atoms with Gasteiger partial charge in [0.25, 0.3) is 0 Å². The lowest BCUT2D eigenvalue weighted by molar-refractivity contribution is -0.146. The zero-order chi connectivity index (χ0) is 16.4. The van der Waals surface area contributed by atoms with E-state index in [0.29, 0.717) is 6.61 Å². The monoisotopic (exact) mass is 306 g/mol. The number of benzene rings is 1. The summed E-state index contributed by atoms with van der Waals surface area (Å²) < 4.78 is 15.4. The van der Waals surface area contributed by atoms with Gasteiger partial charge in [0.2, 0.25) is 0 Å². The molecule has 0 saturated carbocycles. The molecule has 0 spiro atoms. The molecule has 0 radical (unpaired) electrons. The lowest BCUT2D eigenvalue weighted by Gasteiger charge is -2.12. The number of hydrogen-bond donors (Lipinski definition) is 0. The minimum Gasteiger partial charge on any atom is -0.462 e. The Balaban J connectivity index is 2.72. The summed E-state index contributed by atoms with van der Waals surface area (Å²) in [6.07, 6.45) is 1.00. The first-order valence-electron chi connectivity index (χ1n) is 7.30. The van der Waals surface area contributed by atoms with E-state index in [-0.39, 0.29) is 18.8 Å². The predicted octanol–water partition coefficient (Wildman–Crippen LogP) is 2.64. The third-order valence-corrected chi connectivity index (χ3v) is 2.75. The summed E-state index contributed by atoms with van der Waals surface area (Å²) in [5.41, 5.74) is 0.876. The molecule has 0 aromatic heterocycles. The summed E-state index contributed by atoms with van der Waals surface area (Å²) in [4.78, 5) is 23.6. The molecule has 0 saturated heterocycles. The quantitative estimate of drug-likeness (QED) is 0.320. The van der Waals surface area contributed by atoms with Gasteiger partial charge in [0.1, 0.15) is 5.57 Å². The second kappa shape index (κ2) is 9.73. The molecule has 0 aliphatic rings. The van der Waals surface area contributed by atoms with Crippen LogP contribution in [0.5, 0.6) is 0 Å². The first-order valence-corrected chi connectivity index (χ1v) is 7.30. The van der Waals surface area contributed by atoms with Crippen molar-refractivity contribution >= 4 is 11.9 Å². The van der Waals surface area contributed by atoms with Gasteiger partial charge in [0.15, 0.2) is 0 Å². The van der Waals surface area contributed by atoms with Crippen LogP contribution < -0.4 is 0 Å². The Kier molecular flexibility index (Phi) is 7.92. The minimum atomic E-state index is -0.698. The molecular weight excluding hydrogens is 284 g/mol. The first-order chi connectivity index (χ1) is 10.6. The minimum absolute atomic E-state index is 0.135. The summed E-state index contributed by atoms with van der Waals surface area (Å²) >= 11 is 0. The highest BCUT2D eigenvalue weighted by Crippen LogP contribution is 2.09.